The molecule has 0 N–H and O–H groups in total. The Balaban J connectivity index is -0.0000000376. The van der Waals surface area contributed by atoms with Gasteiger partial charge in [-0.2, -0.15) is 0 Å². The zero-order valence-corrected chi connectivity index (χ0v) is 13.3. The Labute approximate surface area is 136 Å². The zero-order chi connectivity index (χ0) is 17.8. The van der Waals surface area contributed by atoms with Crippen molar-refractivity contribution in [3.63, 3.8) is 0 Å². The third-order valence-electron chi connectivity index (χ3n) is 0.471. The van der Waals surface area contributed by atoms with Crippen LogP contribution < -0.4 is 29.6 Å². The molecule has 0 aromatic heterocycles. The van der Waals surface area contributed by atoms with Gasteiger partial charge in [-0.05, 0) is 13.8 Å². The number of hydrogen-bond donors (Lipinski definition) is 0. The molecule has 0 heterocycles. The molecule has 0 spiro atoms. The molecule has 0 saturated heterocycles. The molecule has 17 heteroatoms. The molecule has 0 unspecified atom stereocenters. The van der Waals surface area contributed by atoms with Crippen LogP contribution in [0.5, 0.6) is 0 Å². The summed E-state index contributed by atoms with van der Waals surface area (Å²) in [4.78, 5) is 0. The summed E-state index contributed by atoms with van der Waals surface area (Å²) in [5.74, 6) is 0. The predicted molar refractivity (Wildman–Crippen MR) is 53.8 cm³/mol. The van der Waals surface area contributed by atoms with Crippen LogP contribution in [0.1, 0.15) is 15.3 Å². The summed E-state index contributed by atoms with van der Waals surface area (Å²) in [7, 11) is -16.3. The van der Waals surface area contributed by atoms with E-state index in [1.54, 1.807) is 7.11 Å². The van der Waals surface area contributed by atoms with E-state index in [-0.39, 0.29) is 31.0 Å². The average molecular weight is 359 g/mol. The molecule has 0 aromatic rings. The van der Waals surface area contributed by atoms with Crippen LogP contribution in [0.25, 0.3) is 0 Å². The number of hydrogen-bond acceptors (Lipinski definition) is 1. The van der Waals surface area contributed by atoms with Gasteiger partial charge in [0.1, 0.15) is 0 Å². The first-order chi connectivity index (χ1) is 8.27. The molecule has 0 bridgehead atoms. The molecular formula is C4H11B3F12NaO-3. The monoisotopic (exact) mass is 359 g/mol. The van der Waals surface area contributed by atoms with Crippen molar-refractivity contribution in [1.82, 2.24) is 0 Å². The maximum atomic E-state index is 9.75. The summed E-state index contributed by atoms with van der Waals surface area (Å²) in [6.45, 7) is 4.00. The Morgan fingerprint density at radius 3 is 0.667 bits per heavy atom. The summed E-state index contributed by atoms with van der Waals surface area (Å²) >= 11 is 0. The van der Waals surface area contributed by atoms with Gasteiger partial charge in [-0.1, -0.05) is 0 Å². The van der Waals surface area contributed by atoms with E-state index in [0.29, 0.717) is 6.10 Å². The van der Waals surface area contributed by atoms with Crippen LogP contribution in [0, 0.1) is 0 Å². The summed E-state index contributed by atoms with van der Waals surface area (Å²) in [5.41, 5.74) is 0. The molecule has 130 valence electrons. The van der Waals surface area contributed by atoms with E-state index in [1.165, 1.54) is 0 Å². The van der Waals surface area contributed by atoms with Gasteiger partial charge < -0.3 is 58.0 Å². The Hall–Kier alpha value is 0.315. The molecule has 0 atom stereocenters. The minimum Gasteiger partial charge on any atom is -1.00 e. The molecule has 0 aromatic carbocycles. The first kappa shape index (κ1) is 33.0. The standard InChI is InChI=1S/C4H10O.3BF4.Na.H/c1-4(2)5-3;3*2-1(3,4)5;;/h4H,1-3H3;;;;;/q;3*-1;+1;-1. The molecule has 0 saturated carbocycles. The first-order valence-corrected chi connectivity index (χ1v) is 4.42. The third-order valence-corrected chi connectivity index (χ3v) is 0.471. The molecule has 1 nitrogen and oxygen atoms in total. The molecule has 0 aliphatic heterocycles. The van der Waals surface area contributed by atoms with E-state index < -0.39 is 21.8 Å². The molecule has 21 heavy (non-hydrogen) atoms. The Kier molecular flexibility index (Phi) is 24.0. The second-order valence-electron chi connectivity index (χ2n) is 2.77. The molecule has 0 amide bonds. The van der Waals surface area contributed by atoms with Gasteiger partial charge in [0.25, 0.3) is 0 Å². The van der Waals surface area contributed by atoms with E-state index in [1.807, 2.05) is 13.8 Å². The van der Waals surface area contributed by atoms with Gasteiger partial charge in [0, 0.05) is 7.11 Å². The minimum absolute atomic E-state index is 0. The fraction of sp³-hybridized carbons (Fsp3) is 1.00. The number of methoxy groups -OCH3 is 1. The topological polar surface area (TPSA) is 9.23 Å². The summed E-state index contributed by atoms with van der Waals surface area (Å²) in [6.07, 6.45) is 0.384. The van der Waals surface area contributed by atoms with E-state index in [9.17, 15) is 51.8 Å². The predicted octanol–water partition coefficient (Wildman–Crippen LogP) is 2.06. The van der Waals surface area contributed by atoms with Crippen LogP contribution in [0.15, 0.2) is 0 Å². The van der Waals surface area contributed by atoms with Crippen LogP contribution in [0.4, 0.5) is 51.8 Å². The molecule has 0 rings (SSSR count). The van der Waals surface area contributed by atoms with Gasteiger partial charge in [0.2, 0.25) is 0 Å². The molecular weight excluding hydrogens is 347 g/mol. The van der Waals surface area contributed by atoms with Gasteiger partial charge in [-0.15, -0.1) is 0 Å². The largest absolute Gasteiger partial charge is 1.00 e. The van der Waals surface area contributed by atoms with Gasteiger partial charge >= 0.3 is 51.3 Å². The van der Waals surface area contributed by atoms with Crippen LogP contribution >= 0.6 is 0 Å². The fourth-order valence-corrected chi connectivity index (χ4v) is 0. The average Bonchev–Trinajstić information content (AvgIpc) is 1.93. The fourth-order valence-electron chi connectivity index (χ4n) is 0. The quantitative estimate of drug-likeness (QED) is 0.515. The summed E-state index contributed by atoms with van der Waals surface area (Å²) in [6, 6.07) is 0. The van der Waals surface area contributed by atoms with Crippen molar-refractivity contribution in [3.05, 3.63) is 0 Å². The second kappa shape index (κ2) is 15.2. The zero-order valence-electron chi connectivity index (χ0n) is 12.3. The number of rotatable bonds is 1. The van der Waals surface area contributed by atoms with Crippen LogP contribution in [-0.2, 0) is 4.74 Å². The Morgan fingerprint density at radius 2 is 0.667 bits per heavy atom. The molecule has 0 fully saturated rings. The van der Waals surface area contributed by atoms with Crippen molar-refractivity contribution >= 4 is 21.8 Å². The van der Waals surface area contributed by atoms with Crippen LogP contribution in [-0.4, -0.2) is 35.0 Å². The van der Waals surface area contributed by atoms with Crippen molar-refractivity contribution < 1.29 is 87.5 Å². The normalized spacial score (nSPS) is 10.9. The van der Waals surface area contributed by atoms with E-state index in [2.05, 4.69) is 0 Å². The molecule has 0 aliphatic rings. The van der Waals surface area contributed by atoms with Crippen LogP contribution in [0.3, 0.4) is 0 Å². The maximum Gasteiger partial charge on any atom is 1.00 e. The van der Waals surface area contributed by atoms with Gasteiger partial charge in [-0.25, -0.2) is 0 Å². The van der Waals surface area contributed by atoms with Gasteiger partial charge in [-0.3, -0.25) is 0 Å². The van der Waals surface area contributed by atoms with E-state index in [4.69, 9.17) is 4.74 Å². The molecule has 0 radical (unpaired) electrons. The van der Waals surface area contributed by atoms with Gasteiger partial charge in [0.05, 0.1) is 6.10 Å². The number of halogens is 12. The second-order valence-corrected chi connectivity index (χ2v) is 2.77. The van der Waals surface area contributed by atoms with Crippen molar-refractivity contribution in [1.29, 1.82) is 0 Å². The summed E-state index contributed by atoms with van der Waals surface area (Å²) < 4.78 is 122. The SMILES string of the molecule is COC(C)C.F[B-](F)(F)F.F[B-](F)(F)F.F[B-](F)(F)F.[H-].[Na+]. The van der Waals surface area contributed by atoms with Crippen molar-refractivity contribution in [2.24, 2.45) is 0 Å². The van der Waals surface area contributed by atoms with Crippen LogP contribution in [0.2, 0.25) is 0 Å². The van der Waals surface area contributed by atoms with E-state index >= 15 is 0 Å². The van der Waals surface area contributed by atoms with Crippen molar-refractivity contribution in [2.45, 2.75) is 20.0 Å². The number of ether oxygens (including phenoxy) is 1. The Bertz CT molecular complexity index is 161. The van der Waals surface area contributed by atoms with Gasteiger partial charge in [0.15, 0.2) is 0 Å². The van der Waals surface area contributed by atoms with Crippen molar-refractivity contribution in [2.75, 3.05) is 7.11 Å². The van der Waals surface area contributed by atoms with E-state index in [0.717, 1.165) is 0 Å². The first-order valence-electron chi connectivity index (χ1n) is 4.42. The molecule has 0 aliphatic carbocycles. The van der Waals surface area contributed by atoms with Crippen molar-refractivity contribution in [3.8, 4) is 0 Å². The maximum absolute atomic E-state index is 9.75. The summed E-state index contributed by atoms with van der Waals surface area (Å²) in [5, 5.41) is 0. The third kappa shape index (κ3) is 1270. The minimum atomic E-state index is -6.00. The Morgan fingerprint density at radius 1 is 0.619 bits per heavy atom. The smallest absolute Gasteiger partial charge is 1.00 e.